The molecular weight excluding hydrogens is 350 g/mol. The summed E-state index contributed by atoms with van der Waals surface area (Å²) in [6.07, 6.45) is 7.97. The third-order valence-corrected chi connectivity index (χ3v) is 5.51. The molecule has 0 radical (unpaired) electrons. The van der Waals surface area contributed by atoms with E-state index in [1.54, 1.807) is 12.4 Å². The zero-order valence-electron chi connectivity index (χ0n) is 17.2. The standard InChI is InChI=1S/C22H31N5O/c1-4-19-9-7-8-14-27(19)22-23-15-17(16-24-22)21(28)25-18-10-12-20(13-11-18)26(5-2)6-3/h10-13,15-16,19H,4-9,14H2,1-3H3,(H,25,28). The number of aromatic nitrogens is 2. The number of nitrogens with zero attached hydrogens (tertiary/aromatic N) is 4. The highest BCUT2D eigenvalue weighted by molar-refractivity contribution is 6.03. The Kier molecular flexibility index (Phi) is 6.85. The Labute approximate surface area is 168 Å². The van der Waals surface area contributed by atoms with E-state index in [1.807, 2.05) is 24.3 Å². The Bertz CT molecular complexity index is 756. The molecule has 0 aliphatic carbocycles. The molecule has 2 heterocycles. The summed E-state index contributed by atoms with van der Waals surface area (Å²) >= 11 is 0. The quantitative estimate of drug-likeness (QED) is 0.773. The minimum absolute atomic E-state index is 0.187. The van der Waals surface area contributed by atoms with E-state index < -0.39 is 0 Å². The van der Waals surface area contributed by atoms with Gasteiger partial charge in [-0.25, -0.2) is 9.97 Å². The minimum Gasteiger partial charge on any atom is -0.372 e. The average Bonchev–Trinajstić information content (AvgIpc) is 2.76. The smallest absolute Gasteiger partial charge is 0.258 e. The second-order valence-corrected chi connectivity index (χ2v) is 7.20. The minimum atomic E-state index is -0.187. The van der Waals surface area contributed by atoms with E-state index in [4.69, 9.17) is 0 Å². The zero-order valence-corrected chi connectivity index (χ0v) is 17.2. The molecule has 0 bridgehead atoms. The van der Waals surface area contributed by atoms with E-state index in [1.165, 1.54) is 19.3 Å². The maximum absolute atomic E-state index is 12.5. The van der Waals surface area contributed by atoms with Crippen LogP contribution in [-0.4, -0.2) is 41.6 Å². The largest absolute Gasteiger partial charge is 0.372 e. The molecule has 1 aliphatic heterocycles. The van der Waals surface area contributed by atoms with E-state index in [0.29, 0.717) is 11.6 Å². The van der Waals surface area contributed by atoms with Gasteiger partial charge in [-0.2, -0.15) is 0 Å². The molecular formula is C22H31N5O. The van der Waals surface area contributed by atoms with Crippen molar-refractivity contribution >= 4 is 23.2 Å². The number of amides is 1. The van der Waals surface area contributed by atoms with Crippen molar-refractivity contribution < 1.29 is 4.79 Å². The molecule has 1 amide bonds. The molecule has 1 aromatic heterocycles. The summed E-state index contributed by atoms with van der Waals surface area (Å²) < 4.78 is 0. The Hall–Kier alpha value is -2.63. The first-order valence-electron chi connectivity index (χ1n) is 10.4. The van der Waals surface area contributed by atoms with Gasteiger partial charge in [0.05, 0.1) is 5.56 Å². The molecule has 0 spiro atoms. The van der Waals surface area contributed by atoms with Gasteiger partial charge in [0, 0.05) is 49.4 Å². The van der Waals surface area contributed by atoms with Crippen molar-refractivity contribution in [1.29, 1.82) is 0 Å². The molecule has 1 saturated heterocycles. The number of anilines is 3. The fourth-order valence-corrected chi connectivity index (χ4v) is 3.82. The molecule has 1 aliphatic rings. The van der Waals surface area contributed by atoms with Crippen LogP contribution in [0.5, 0.6) is 0 Å². The highest BCUT2D eigenvalue weighted by atomic mass is 16.1. The van der Waals surface area contributed by atoms with Gasteiger partial charge in [0.2, 0.25) is 5.95 Å². The van der Waals surface area contributed by atoms with Crippen molar-refractivity contribution in [2.45, 2.75) is 52.5 Å². The predicted molar refractivity (Wildman–Crippen MR) is 115 cm³/mol. The summed E-state index contributed by atoms with van der Waals surface area (Å²) in [6.45, 7) is 9.38. The Morgan fingerprint density at radius 2 is 1.79 bits per heavy atom. The van der Waals surface area contributed by atoms with Crippen LogP contribution in [0.4, 0.5) is 17.3 Å². The topological polar surface area (TPSA) is 61.4 Å². The number of rotatable bonds is 7. The fraction of sp³-hybridized carbons (Fsp3) is 0.500. The van der Waals surface area contributed by atoms with Gasteiger partial charge >= 0.3 is 0 Å². The van der Waals surface area contributed by atoms with Crippen LogP contribution >= 0.6 is 0 Å². The lowest BCUT2D eigenvalue weighted by Gasteiger charge is -2.35. The second kappa shape index (κ2) is 9.53. The van der Waals surface area contributed by atoms with Crippen LogP contribution in [-0.2, 0) is 0 Å². The van der Waals surface area contributed by atoms with Gasteiger partial charge in [-0.05, 0) is 63.8 Å². The summed E-state index contributed by atoms with van der Waals surface area (Å²) in [5.41, 5.74) is 2.40. The van der Waals surface area contributed by atoms with Crippen LogP contribution in [0.25, 0.3) is 0 Å². The van der Waals surface area contributed by atoms with Gasteiger partial charge in [-0.1, -0.05) is 6.92 Å². The van der Waals surface area contributed by atoms with E-state index in [-0.39, 0.29) is 5.91 Å². The van der Waals surface area contributed by atoms with Crippen LogP contribution in [0.2, 0.25) is 0 Å². The Morgan fingerprint density at radius 1 is 1.11 bits per heavy atom. The van der Waals surface area contributed by atoms with Crippen LogP contribution in [0.1, 0.15) is 56.8 Å². The monoisotopic (exact) mass is 381 g/mol. The predicted octanol–water partition coefficient (Wildman–Crippen LogP) is 4.34. The molecule has 150 valence electrons. The van der Waals surface area contributed by atoms with E-state index in [0.717, 1.165) is 43.4 Å². The van der Waals surface area contributed by atoms with E-state index >= 15 is 0 Å². The van der Waals surface area contributed by atoms with Crippen LogP contribution in [0, 0.1) is 0 Å². The summed E-state index contributed by atoms with van der Waals surface area (Å²) in [6, 6.07) is 8.42. The van der Waals surface area contributed by atoms with Crippen molar-refractivity contribution in [1.82, 2.24) is 9.97 Å². The molecule has 1 aromatic carbocycles. The van der Waals surface area contributed by atoms with Crippen LogP contribution in [0.15, 0.2) is 36.7 Å². The molecule has 1 N–H and O–H groups in total. The highest BCUT2D eigenvalue weighted by Crippen LogP contribution is 2.23. The normalized spacial score (nSPS) is 16.7. The summed E-state index contributed by atoms with van der Waals surface area (Å²) in [5, 5.41) is 2.93. The van der Waals surface area contributed by atoms with Crippen molar-refractivity contribution in [2.24, 2.45) is 0 Å². The number of hydrogen-bond donors (Lipinski definition) is 1. The van der Waals surface area contributed by atoms with Crippen molar-refractivity contribution in [3.8, 4) is 0 Å². The lowest BCUT2D eigenvalue weighted by atomic mass is 10.0. The van der Waals surface area contributed by atoms with Gasteiger partial charge < -0.3 is 15.1 Å². The zero-order chi connectivity index (χ0) is 19.9. The summed E-state index contributed by atoms with van der Waals surface area (Å²) in [7, 11) is 0. The molecule has 2 aromatic rings. The number of nitrogens with one attached hydrogen (secondary N) is 1. The number of benzene rings is 1. The average molecular weight is 382 g/mol. The lowest BCUT2D eigenvalue weighted by molar-refractivity contribution is 0.102. The summed E-state index contributed by atoms with van der Waals surface area (Å²) in [5.74, 6) is 0.541. The Balaban J connectivity index is 1.64. The molecule has 6 nitrogen and oxygen atoms in total. The molecule has 3 rings (SSSR count). The SMILES string of the molecule is CCC1CCCCN1c1ncc(C(=O)Nc2ccc(N(CC)CC)cc2)cn1. The number of piperidine rings is 1. The molecule has 0 saturated carbocycles. The van der Waals surface area contributed by atoms with Crippen LogP contribution < -0.4 is 15.1 Å². The van der Waals surface area contributed by atoms with E-state index in [2.05, 4.69) is 45.9 Å². The van der Waals surface area contributed by atoms with Gasteiger partial charge in [0.15, 0.2) is 0 Å². The van der Waals surface area contributed by atoms with Crippen molar-refractivity contribution in [3.05, 3.63) is 42.2 Å². The van der Waals surface area contributed by atoms with E-state index in [9.17, 15) is 4.79 Å². The van der Waals surface area contributed by atoms with Gasteiger partial charge in [-0.15, -0.1) is 0 Å². The second-order valence-electron chi connectivity index (χ2n) is 7.20. The fourth-order valence-electron chi connectivity index (χ4n) is 3.82. The number of hydrogen-bond acceptors (Lipinski definition) is 5. The maximum Gasteiger partial charge on any atom is 0.258 e. The third-order valence-electron chi connectivity index (χ3n) is 5.51. The molecule has 1 atom stereocenters. The maximum atomic E-state index is 12.5. The molecule has 1 unspecified atom stereocenters. The van der Waals surface area contributed by atoms with Gasteiger partial charge in [0.1, 0.15) is 0 Å². The lowest BCUT2D eigenvalue weighted by Crippen LogP contribution is -2.40. The molecule has 1 fully saturated rings. The van der Waals surface area contributed by atoms with Crippen molar-refractivity contribution in [3.63, 3.8) is 0 Å². The summed E-state index contributed by atoms with van der Waals surface area (Å²) in [4.78, 5) is 26.0. The van der Waals surface area contributed by atoms with Crippen LogP contribution in [0.3, 0.4) is 0 Å². The molecule has 6 heteroatoms. The highest BCUT2D eigenvalue weighted by Gasteiger charge is 2.23. The van der Waals surface area contributed by atoms with Crippen molar-refractivity contribution in [2.75, 3.05) is 34.8 Å². The number of carbonyl (C=O) groups is 1. The first-order valence-corrected chi connectivity index (χ1v) is 10.4. The van der Waals surface area contributed by atoms with Gasteiger partial charge in [0.25, 0.3) is 5.91 Å². The van der Waals surface area contributed by atoms with Gasteiger partial charge in [-0.3, -0.25) is 4.79 Å². The molecule has 28 heavy (non-hydrogen) atoms. The Morgan fingerprint density at radius 3 is 2.39 bits per heavy atom. The third kappa shape index (κ3) is 4.61. The first kappa shape index (κ1) is 20.1. The number of carbonyl (C=O) groups excluding carboxylic acids is 1. The first-order chi connectivity index (χ1) is 13.7.